The molecule has 0 spiro atoms. The molecule has 0 saturated carbocycles. The standard InChI is InChI=1S/C6H7NO2.Y/c1-3-4(2)6(9)7-5(3)8;/h1-2H3,(H,7,8,9);/q;+3/p-1. The van der Waals surface area contributed by atoms with Gasteiger partial charge >= 0.3 is 32.7 Å². The fourth-order valence-corrected chi connectivity index (χ4v) is 0.581. The number of carbonyl (C=O) groups is 2. The molecule has 1 aliphatic rings. The van der Waals surface area contributed by atoms with Crippen LogP contribution in [0.25, 0.3) is 5.32 Å². The summed E-state index contributed by atoms with van der Waals surface area (Å²) in [5, 5.41) is 3.20. The van der Waals surface area contributed by atoms with Crippen LogP contribution in [0.5, 0.6) is 0 Å². The number of hydrogen-bond donors (Lipinski definition) is 0. The van der Waals surface area contributed by atoms with Gasteiger partial charge in [0.25, 0.3) is 0 Å². The van der Waals surface area contributed by atoms with Gasteiger partial charge in [0.1, 0.15) is 0 Å². The third-order valence-corrected chi connectivity index (χ3v) is 1.41. The Morgan fingerprint density at radius 2 is 1.30 bits per heavy atom. The van der Waals surface area contributed by atoms with Gasteiger partial charge in [0, 0.05) is 0 Å². The van der Waals surface area contributed by atoms with Gasteiger partial charge < -0.3 is 14.9 Å². The van der Waals surface area contributed by atoms with Crippen molar-refractivity contribution in [2.75, 3.05) is 0 Å². The summed E-state index contributed by atoms with van der Waals surface area (Å²) in [5.41, 5.74) is 0.944. The normalized spacial score (nSPS) is 17.0. The second kappa shape index (κ2) is 3.40. The number of rotatable bonds is 0. The van der Waals surface area contributed by atoms with Crippen LogP contribution in [0.4, 0.5) is 0 Å². The van der Waals surface area contributed by atoms with E-state index in [4.69, 9.17) is 0 Å². The molecule has 1 rings (SSSR count). The number of carbonyl (C=O) groups excluding carboxylic acids is 2. The van der Waals surface area contributed by atoms with E-state index in [-0.39, 0.29) is 32.7 Å². The van der Waals surface area contributed by atoms with Crippen LogP contribution in [-0.4, -0.2) is 11.8 Å². The van der Waals surface area contributed by atoms with Crippen LogP contribution in [0.3, 0.4) is 0 Å². The van der Waals surface area contributed by atoms with Crippen molar-refractivity contribution >= 4 is 11.8 Å². The summed E-state index contributed by atoms with van der Waals surface area (Å²) < 4.78 is 0. The van der Waals surface area contributed by atoms with E-state index >= 15 is 0 Å². The van der Waals surface area contributed by atoms with Gasteiger partial charge in [-0.3, -0.25) is 0 Å². The molecule has 0 radical (unpaired) electrons. The molecule has 0 aromatic heterocycles. The Labute approximate surface area is 84.1 Å². The van der Waals surface area contributed by atoms with E-state index in [0.717, 1.165) is 0 Å². The quantitative estimate of drug-likeness (QED) is 0.557. The molecule has 10 heavy (non-hydrogen) atoms. The second-order valence-corrected chi connectivity index (χ2v) is 1.97. The summed E-state index contributed by atoms with van der Waals surface area (Å²) in [7, 11) is 0. The Balaban J connectivity index is 0.000000810. The minimum absolute atomic E-state index is 0. The first-order chi connectivity index (χ1) is 4.13. The molecule has 2 amide bonds. The monoisotopic (exact) mass is 213 g/mol. The van der Waals surface area contributed by atoms with E-state index < -0.39 is 11.8 Å². The molecule has 0 saturated heterocycles. The molecular formula is C6H6NO2Y+2. The Bertz CT molecular complexity index is 198. The Hall–Kier alpha value is -0.0161. The van der Waals surface area contributed by atoms with Gasteiger partial charge in [-0.15, -0.1) is 0 Å². The molecule has 0 aliphatic carbocycles. The van der Waals surface area contributed by atoms with Gasteiger partial charge in [-0.05, 0) is 25.0 Å². The van der Waals surface area contributed by atoms with Crippen LogP contribution in [0.1, 0.15) is 13.8 Å². The summed E-state index contributed by atoms with van der Waals surface area (Å²) in [4.78, 5) is 21.1. The molecule has 4 heteroatoms. The molecule has 0 bridgehead atoms. The maximum absolute atomic E-state index is 10.5. The zero-order valence-corrected chi connectivity index (χ0v) is 8.68. The van der Waals surface area contributed by atoms with E-state index in [9.17, 15) is 9.59 Å². The summed E-state index contributed by atoms with van der Waals surface area (Å²) in [6.07, 6.45) is 0. The van der Waals surface area contributed by atoms with E-state index in [1.807, 2.05) is 0 Å². The predicted octanol–water partition coefficient (Wildman–Crippen LogP) is 0.761. The van der Waals surface area contributed by atoms with Crippen LogP contribution < -0.4 is 0 Å². The third kappa shape index (κ3) is 1.52. The summed E-state index contributed by atoms with van der Waals surface area (Å²) in [6, 6.07) is 0. The van der Waals surface area contributed by atoms with Crippen molar-refractivity contribution in [1.82, 2.24) is 0 Å². The van der Waals surface area contributed by atoms with Crippen molar-refractivity contribution in [3.05, 3.63) is 16.5 Å². The average Bonchev–Trinajstić information content (AvgIpc) is 1.98. The number of amides is 2. The summed E-state index contributed by atoms with van der Waals surface area (Å²) >= 11 is 0. The Kier molecular flexibility index (Phi) is 3.39. The molecule has 0 N–H and O–H groups in total. The van der Waals surface area contributed by atoms with Crippen molar-refractivity contribution in [2.45, 2.75) is 13.8 Å². The molecule has 0 atom stereocenters. The second-order valence-electron chi connectivity index (χ2n) is 1.97. The number of nitrogens with zero attached hydrogens (tertiary/aromatic N) is 1. The van der Waals surface area contributed by atoms with Crippen molar-refractivity contribution in [3.63, 3.8) is 0 Å². The summed E-state index contributed by atoms with van der Waals surface area (Å²) in [6.45, 7) is 3.21. The smallest absolute Gasteiger partial charge is 0.588 e. The molecule has 1 heterocycles. The van der Waals surface area contributed by atoms with Crippen LogP contribution in [0, 0.1) is 0 Å². The van der Waals surface area contributed by atoms with E-state index in [1.165, 1.54) is 0 Å². The van der Waals surface area contributed by atoms with Crippen molar-refractivity contribution in [1.29, 1.82) is 0 Å². The molecule has 3 nitrogen and oxygen atoms in total. The Morgan fingerprint density at radius 1 is 1.00 bits per heavy atom. The van der Waals surface area contributed by atoms with Crippen LogP contribution >= 0.6 is 0 Å². The molecule has 48 valence electrons. The zero-order chi connectivity index (χ0) is 7.02. The van der Waals surface area contributed by atoms with Gasteiger partial charge in [-0.2, -0.15) is 0 Å². The van der Waals surface area contributed by atoms with Crippen LogP contribution in [0.15, 0.2) is 11.1 Å². The maximum atomic E-state index is 10.5. The van der Waals surface area contributed by atoms with E-state index in [1.54, 1.807) is 13.8 Å². The average molecular weight is 213 g/mol. The van der Waals surface area contributed by atoms with Crippen LogP contribution in [-0.2, 0) is 42.3 Å². The van der Waals surface area contributed by atoms with Gasteiger partial charge in [0.2, 0.25) is 0 Å². The fraction of sp³-hybridized carbons (Fsp3) is 0.333. The molecule has 1 aliphatic heterocycles. The fourth-order valence-electron chi connectivity index (χ4n) is 0.581. The first-order valence-electron chi connectivity index (χ1n) is 2.61. The van der Waals surface area contributed by atoms with Crippen molar-refractivity contribution in [3.8, 4) is 0 Å². The van der Waals surface area contributed by atoms with Crippen molar-refractivity contribution < 1.29 is 42.3 Å². The van der Waals surface area contributed by atoms with E-state index in [2.05, 4.69) is 5.32 Å². The first-order valence-corrected chi connectivity index (χ1v) is 2.61. The molecule has 0 aromatic carbocycles. The molecule has 0 aromatic rings. The minimum atomic E-state index is -0.391. The zero-order valence-electron chi connectivity index (χ0n) is 5.84. The predicted molar refractivity (Wildman–Crippen MR) is 31.7 cm³/mol. The van der Waals surface area contributed by atoms with E-state index in [0.29, 0.717) is 11.1 Å². The van der Waals surface area contributed by atoms with Gasteiger partial charge in [0.15, 0.2) is 0 Å². The number of hydrogen-bond acceptors (Lipinski definition) is 2. The number of imide groups is 1. The Morgan fingerprint density at radius 3 is 1.40 bits per heavy atom. The summed E-state index contributed by atoms with van der Waals surface area (Å²) in [5.74, 6) is -0.782. The topological polar surface area (TPSA) is 48.2 Å². The largest absolute Gasteiger partial charge is 3.00 e. The molecular weight excluding hydrogens is 207 g/mol. The van der Waals surface area contributed by atoms with Gasteiger partial charge in [-0.1, -0.05) is 0 Å². The third-order valence-electron chi connectivity index (χ3n) is 1.41. The SMILES string of the molecule is CC1=C(C)C(=O)[N-]C1=O.[Y+3]. The minimum Gasteiger partial charge on any atom is -0.588 e. The molecule has 0 fully saturated rings. The van der Waals surface area contributed by atoms with Crippen molar-refractivity contribution in [2.24, 2.45) is 0 Å². The molecule has 0 unspecified atom stereocenters. The van der Waals surface area contributed by atoms with Gasteiger partial charge in [-0.25, -0.2) is 0 Å². The van der Waals surface area contributed by atoms with Crippen LogP contribution in [0.2, 0.25) is 0 Å². The first kappa shape index (κ1) is 9.98. The van der Waals surface area contributed by atoms with Gasteiger partial charge in [0.05, 0.1) is 11.8 Å². The maximum Gasteiger partial charge on any atom is 3.00 e.